The molecule has 26 heavy (non-hydrogen) atoms. The lowest BCUT2D eigenvalue weighted by Crippen LogP contribution is -2.54. The van der Waals surface area contributed by atoms with Crippen LogP contribution in [-0.2, 0) is 14.3 Å². The lowest BCUT2D eigenvalue weighted by atomic mass is 9.67. The molecular weight excluding hydrogens is 328 g/mol. The number of likely N-dealkylation sites (tertiary alicyclic amines) is 2. The topological polar surface area (TPSA) is 49.9 Å². The lowest BCUT2D eigenvalue weighted by molar-refractivity contribution is -0.145. The van der Waals surface area contributed by atoms with Gasteiger partial charge in [-0.2, -0.15) is 0 Å². The average molecular weight is 358 g/mol. The molecule has 2 amide bonds. The van der Waals surface area contributed by atoms with E-state index in [1.807, 2.05) is 34.9 Å². The van der Waals surface area contributed by atoms with Crippen molar-refractivity contribution < 1.29 is 14.3 Å². The Morgan fingerprint density at radius 3 is 2.50 bits per heavy atom. The summed E-state index contributed by atoms with van der Waals surface area (Å²) in [6.07, 6.45) is 2.80. The van der Waals surface area contributed by atoms with Crippen LogP contribution in [0.5, 0.6) is 0 Å². The number of likely N-dealkylation sites (N-methyl/N-ethyl adjacent to an activating group) is 1. The van der Waals surface area contributed by atoms with Crippen molar-refractivity contribution in [3.8, 4) is 0 Å². The molecule has 0 aromatic heterocycles. The van der Waals surface area contributed by atoms with Gasteiger partial charge in [-0.05, 0) is 44.1 Å². The number of piperidine rings is 2. The third-order valence-corrected chi connectivity index (χ3v) is 5.96. The van der Waals surface area contributed by atoms with Crippen molar-refractivity contribution in [2.75, 3.05) is 39.4 Å². The molecule has 2 aliphatic rings. The largest absolute Gasteiger partial charge is 0.372 e. The first-order valence-corrected chi connectivity index (χ1v) is 9.78. The standard InChI is InChI=1S/C21H30N2O3/c1-3-22-16-21(10-12-23(13-11-21)19(24)15-26-4-2)14-18(20(22)25)17-8-6-5-7-9-17/h5-9,18H,3-4,10-16H2,1-2H3/t18-/m1/s1. The van der Waals surface area contributed by atoms with Gasteiger partial charge in [0.05, 0.1) is 5.92 Å². The highest BCUT2D eigenvalue weighted by atomic mass is 16.5. The zero-order chi connectivity index (χ0) is 18.6. The number of benzene rings is 1. The Bertz CT molecular complexity index is 623. The fourth-order valence-electron chi connectivity index (χ4n) is 4.37. The van der Waals surface area contributed by atoms with Crippen LogP contribution in [0.3, 0.4) is 0 Å². The van der Waals surface area contributed by atoms with E-state index in [-0.39, 0.29) is 29.8 Å². The minimum absolute atomic E-state index is 0.0597. The van der Waals surface area contributed by atoms with Crippen LogP contribution < -0.4 is 0 Å². The van der Waals surface area contributed by atoms with Crippen LogP contribution in [0, 0.1) is 5.41 Å². The van der Waals surface area contributed by atoms with E-state index in [2.05, 4.69) is 19.1 Å². The van der Waals surface area contributed by atoms with E-state index in [9.17, 15) is 9.59 Å². The zero-order valence-corrected chi connectivity index (χ0v) is 15.9. The molecule has 0 radical (unpaired) electrons. The summed E-state index contributed by atoms with van der Waals surface area (Å²) in [6, 6.07) is 10.1. The van der Waals surface area contributed by atoms with E-state index in [0.29, 0.717) is 6.61 Å². The third-order valence-electron chi connectivity index (χ3n) is 5.96. The fraction of sp³-hybridized carbons (Fsp3) is 0.619. The molecule has 0 aliphatic carbocycles. The Labute approximate surface area is 156 Å². The monoisotopic (exact) mass is 358 g/mol. The highest BCUT2D eigenvalue weighted by Gasteiger charge is 2.46. The van der Waals surface area contributed by atoms with Gasteiger partial charge >= 0.3 is 0 Å². The zero-order valence-electron chi connectivity index (χ0n) is 15.9. The summed E-state index contributed by atoms with van der Waals surface area (Å²) in [5.74, 6) is 0.273. The van der Waals surface area contributed by atoms with E-state index in [4.69, 9.17) is 4.74 Å². The fourth-order valence-corrected chi connectivity index (χ4v) is 4.37. The number of carbonyl (C=O) groups excluding carboxylic acids is 2. The lowest BCUT2D eigenvalue weighted by Gasteiger charge is -2.49. The molecule has 1 atom stereocenters. The molecule has 2 aliphatic heterocycles. The molecule has 0 N–H and O–H groups in total. The van der Waals surface area contributed by atoms with Crippen molar-refractivity contribution in [1.82, 2.24) is 9.80 Å². The Hall–Kier alpha value is -1.88. The van der Waals surface area contributed by atoms with Gasteiger partial charge in [0.15, 0.2) is 0 Å². The average Bonchev–Trinajstić information content (AvgIpc) is 2.69. The Balaban J connectivity index is 1.72. The first kappa shape index (κ1) is 18.9. The molecule has 2 heterocycles. The van der Waals surface area contributed by atoms with E-state index in [1.54, 1.807) is 0 Å². The van der Waals surface area contributed by atoms with Crippen LogP contribution in [0.25, 0.3) is 0 Å². The van der Waals surface area contributed by atoms with Crippen molar-refractivity contribution >= 4 is 11.8 Å². The number of hydrogen-bond acceptors (Lipinski definition) is 3. The SMILES string of the molecule is CCOCC(=O)N1CCC2(CC1)C[C@H](c1ccccc1)C(=O)N(CC)C2. The van der Waals surface area contributed by atoms with Crippen molar-refractivity contribution in [3.05, 3.63) is 35.9 Å². The van der Waals surface area contributed by atoms with E-state index in [1.165, 1.54) is 0 Å². The molecule has 142 valence electrons. The van der Waals surface area contributed by atoms with Crippen molar-refractivity contribution in [2.24, 2.45) is 5.41 Å². The number of ether oxygens (including phenoxy) is 1. The highest BCUT2D eigenvalue weighted by molar-refractivity contribution is 5.85. The summed E-state index contributed by atoms with van der Waals surface area (Å²) >= 11 is 0. The Morgan fingerprint density at radius 1 is 1.19 bits per heavy atom. The van der Waals surface area contributed by atoms with E-state index >= 15 is 0 Å². The summed E-state index contributed by atoms with van der Waals surface area (Å²) in [6.45, 7) is 7.79. The van der Waals surface area contributed by atoms with Gasteiger partial charge in [-0.3, -0.25) is 9.59 Å². The quantitative estimate of drug-likeness (QED) is 0.813. The van der Waals surface area contributed by atoms with E-state index < -0.39 is 0 Å². The second-order valence-corrected chi connectivity index (χ2v) is 7.54. The van der Waals surface area contributed by atoms with Gasteiger partial charge in [0.2, 0.25) is 11.8 Å². The third kappa shape index (κ3) is 3.93. The van der Waals surface area contributed by atoms with Gasteiger partial charge in [0.25, 0.3) is 0 Å². The van der Waals surface area contributed by atoms with Crippen molar-refractivity contribution in [1.29, 1.82) is 0 Å². The maximum Gasteiger partial charge on any atom is 0.248 e. The maximum absolute atomic E-state index is 12.9. The van der Waals surface area contributed by atoms with Crippen molar-refractivity contribution in [3.63, 3.8) is 0 Å². The van der Waals surface area contributed by atoms with Crippen LogP contribution in [0.2, 0.25) is 0 Å². The molecule has 1 spiro atoms. The normalized spacial score (nSPS) is 22.7. The minimum Gasteiger partial charge on any atom is -0.372 e. The molecule has 2 fully saturated rings. The predicted octanol–water partition coefficient (Wildman–Crippen LogP) is 2.67. The highest BCUT2D eigenvalue weighted by Crippen LogP contribution is 2.45. The van der Waals surface area contributed by atoms with Crippen LogP contribution in [0.15, 0.2) is 30.3 Å². The smallest absolute Gasteiger partial charge is 0.248 e. The maximum atomic E-state index is 12.9. The van der Waals surface area contributed by atoms with Crippen LogP contribution in [0.4, 0.5) is 0 Å². The summed E-state index contributed by atoms with van der Waals surface area (Å²) < 4.78 is 5.26. The van der Waals surface area contributed by atoms with Gasteiger partial charge in [0, 0.05) is 32.8 Å². The summed E-state index contributed by atoms with van der Waals surface area (Å²) in [7, 11) is 0. The number of nitrogens with zero attached hydrogens (tertiary/aromatic N) is 2. The molecule has 1 aromatic rings. The summed E-state index contributed by atoms with van der Waals surface area (Å²) in [5.41, 5.74) is 1.23. The first-order valence-electron chi connectivity index (χ1n) is 9.78. The molecule has 0 unspecified atom stereocenters. The van der Waals surface area contributed by atoms with Crippen LogP contribution >= 0.6 is 0 Å². The summed E-state index contributed by atoms with van der Waals surface area (Å²) in [4.78, 5) is 29.1. The summed E-state index contributed by atoms with van der Waals surface area (Å²) in [5, 5.41) is 0. The van der Waals surface area contributed by atoms with E-state index in [0.717, 1.165) is 51.0 Å². The van der Waals surface area contributed by atoms with Crippen molar-refractivity contribution in [2.45, 2.75) is 39.0 Å². The predicted molar refractivity (Wildman–Crippen MR) is 101 cm³/mol. The van der Waals surface area contributed by atoms with Gasteiger partial charge in [-0.25, -0.2) is 0 Å². The van der Waals surface area contributed by atoms with Crippen LogP contribution in [0.1, 0.15) is 44.6 Å². The number of carbonyl (C=O) groups is 2. The number of amides is 2. The second-order valence-electron chi connectivity index (χ2n) is 7.54. The molecule has 3 rings (SSSR count). The van der Waals surface area contributed by atoms with Gasteiger partial charge < -0.3 is 14.5 Å². The Morgan fingerprint density at radius 2 is 1.88 bits per heavy atom. The number of hydrogen-bond donors (Lipinski definition) is 0. The minimum atomic E-state index is -0.0597. The number of rotatable bonds is 5. The molecule has 0 bridgehead atoms. The first-order chi connectivity index (χ1) is 12.6. The molecule has 0 saturated carbocycles. The van der Waals surface area contributed by atoms with Gasteiger partial charge in [0.1, 0.15) is 6.61 Å². The van der Waals surface area contributed by atoms with Gasteiger partial charge in [-0.15, -0.1) is 0 Å². The molecule has 5 nitrogen and oxygen atoms in total. The van der Waals surface area contributed by atoms with Gasteiger partial charge in [-0.1, -0.05) is 30.3 Å². The molecular formula is C21H30N2O3. The Kier molecular flexibility index (Phi) is 5.97. The second kappa shape index (κ2) is 8.21. The molecule has 5 heteroatoms. The molecule has 2 saturated heterocycles. The van der Waals surface area contributed by atoms with Crippen LogP contribution in [-0.4, -0.2) is 61.0 Å². The molecule has 1 aromatic carbocycles.